The van der Waals surface area contributed by atoms with Crippen LogP contribution in [0.2, 0.25) is 0 Å². The van der Waals surface area contributed by atoms with Gasteiger partial charge in [0.05, 0.1) is 18.2 Å². The average molecular weight is 292 g/mol. The molecule has 1 aliphatic heterocycles. The Morgan fingerprint density at radius 2 is 2.19 bits per heavy atom. The molecule has 0 spiro atoms. The fourth-order valence-corrected chi connectivity index (χ4v) is 2.25. The summed E-state index contributed by atoms with van der Waals surface area (Å²) in [6, 6.07) is 6.95. The van der Waals surface area contributed by atoms with Gasteiger partial charge in [0.2, 0.25) is 0 Å². The zero-order chi connectivity index (χ0) is 15.2. The van der Waals surface area contributed by atoms with Gasteiger partial charge in [-0.2, -0.15) is 0 Å². The molecule has 0 aromatic heterocycles. The number of benzene rings is 1. The second-order valence-electron chi connectivity index (χ2n) is 5.04. The van der Waals surface area contributed by atoms with Gasteiger partial charge in [0.1, 0.15) is 5.75 Å². The van der Waals surface area contributed by atoms with Gasteiger partial charge in [-0.05, 0) is 25.0 Å². The van der Waals surface area contributed by atoms with Crippen LogP contribution in [0.15, 0.2) is 24.3 Å². The van der Waals surface area contributed by atoms with Crippen molar-refractivity contribution >= 4 is 17.7 Å². The summed E-state index contributed by atoms with van der Waals surface area (Å²) in [6.07, 6.45) is 1.38. The zero-order valence-corrected chi connectivity index (χ0v) is 12.0. The van der Waals surface area contributed by atoms with Crippen LogP contribution < -0.4 is 10.1 Å². The van der Waals surface area contributed by atoms with Gasteiger partial charge in [-0.25, -0.2) is 4.79 Å². The molecule has 114 valence electrons. The number of urea groups is 1. The lowest BCUT2D eigenvalue weighted by Gasteiger charge is -2.18. The van der Waals surface area contributed by atoms with Crippen molar-refractivity contribution in [3.05, 3.63) is 24.3 Å². The summed E-state index contributed by atoms with van der Waals surface area (Å²) in [7, 11) is 0. The number of amides is 2. The molecule has 21 heavy (non-hydrogen) atoms. The van der Waals surface area contributed by atoms with E-state index in [2.05, 4.69) is 5.32 Å². The molecule has 1 aliphatic rings. The first-order valence-corrected chi connectivity index (χ1v) is 7.12. The maximum Gasteiger partial charge on any atom is 0.321 e. The van der Waals surface area contributed by atoms with Gasteiger partial charge in [0.15, 0.2) is 0 Å². The smallest absolute Gasteiger partial charge is 0.321 e. The Morgan fingerprint density at radius 3 is 2.86 bits per heavy atom. The maximum absolute atomic E-state index is 12.2. The highest BCUT2D eigenvalue weighted by Crippen LogP contribution is 2.25. The first-order valence-electron chi connectivity index (χ1n) is 7.12. The van der Waals surface area contributed by atoms with Crippen LogP contribution in [0.5, 0.6) is 5.75 Å². The molecule has 1 aromatic carbocycles. The number of likely N-dealkylation sites (tertiary alicyclic amines) is 1. The first-order chi connectivity index (χ1) is 10.1. The van der Waals surface area contributed by atoms with Gasteiger partial charge >= 0.3 is 12.0 Å². The fourth-order valence-electron chi connectivity index (χ4n) is 2.25. The number of nitrogens with zero attached hydrogens (tertiary/aromatic N) is 1. The number of aliphatic carboxylic acids is 1. The lowest BCUT2D eigenvalue weighted by atomic mass is 10.1. The normalized spacial score (nSPS) is 17.6. The van der Waals surface area contributed by atoms with E-state index < -0.39 is 11.9 Å². The van der Waals surface area contributed by atoms with Crippen LogP contribution in [0.4, 0.5) is 10.5 Å². The van der Waals surface area contributed by atoms with Crippen LogP contribution in [0.1, 0.15) is 19.8 Å². The average Bonchev–Trinajstić information content (AvgIpc) is 2.96. The summed E-state index contributed by atoms with van der Waals surface area (Å²) >= 11 is 0. The molecule has 1 heterocycles. The van der Waals surface area contributed by atoms with Gasteiger partial charge in [-0.3, -0.25) is 4.79 Å². The first kappa shape index (κ1) is 15.2. The summed E-state index contributed by atoms with van der Waals surface area (Å²) in [5.41, 5.74) is 0.606. The minimum absolute atomic E-state index is 0.249. The Kier molecular flexibility index (Phi) is 5.03. The van der Waals surface area contributed by atoms with Gasteiger partial charge < -0.3 is 20.1 Å². The molecule has 0 bridgehead atoms. The number of para-hydroxylation sites is 2. The standard InChI is InChI=1S/C15H20N2O4/c1-2-9-21-13-6-4-3-5-12(13)16-15(20)17-8-7-11(10-17)14(18)19/h3-6,11H,2,7-10H2,1H3,(H,16,20)(H,18,19). The van der Waals surface area contributed by atoms with Gasteiger partial charge in [0.25, 0.3) is 0 Å². The van der Waals surface area contributed by atoms with Crippen molar-refractivity contribution < 1.29 is 19.4 Å². The SMILES string of the molecule is CCCOc1ccccc1NC(=O)N1CCC(C(=O)O)C1. The Morgan fingerprint density at radius 1 is 1.43 bits per heavy atom. The van der Waals surface area contributed by atoms with Crippen molar-refractivity contribution in [3.63, 3.8) is 0 Å². The number of carboxylic acid groups (broad SMARTS) is 1. The van der Waals surface area contributed by atoms with Gasteiger partial charge in [-0.15, -0.1) is 0 Å². The van der Waals surface area contributed by atoms with Gasteiger partial charge in [-0.1, -0.05) is 19.1 Å². The Bertz CT molecular complexity index is 518. The van der Waals surface area contributed by atoms with E-state index in [1.54, 1.807) is 12.1 Å². The number of carbonyl (C=O) groups is 2. The topological polar surface area (TPSA) is 78.9 Å². The largest absolute Gasteiger partial charge is 0.491 e. The lowest BCUT2D eigenvalue weighted by Crippen LogP contribution is -2.33. The van der Waals surface area contributed by atoms with E-state index in [1.807, 2.05) is 19.1 Å². The van der Waals surface area contributed by atoms with E-state index >= 15 is 0 Å². The van der Waals surface area contributed by atoms with Crippen LogP contribution in [-0.4, -0.2) is 41.7 Å². The predicted molar refractivity (Wildman–Crippen MR) is 78.6 cm³/mol. The number of ether oxygens (including phenoxy) is 1. The van der Waals surface area contributed by atoms with Crippen LogP contribution in [0.25, 0.3) is 0 Å². The highest BCUT2D eigenvalue weighted by atomic mass is 16.5. The van der Waals surface area contributed by atoms with E-state index in [0.717, 1.165) is 6.42 Å². The molecule has 1 fully saturated rings. The number of carbonyl (C=O) groups excluding carboxylic acids is 1. The minimum atomic E-state index is -0.850. The molecular weight excluding hydrogens is 272 g/mol. The molecule has 6 nitrogen and oxygen atoms in total. The number of hydrogen-bond acceptors (Lipinski definition) is 3. The van der Waals surface area contributed by atoms with Crippen molar-refractivity contribution in [3.8, 4) is 5.75 Å². The third kappa shape index (κ3) is 3.87. The quantitative estimate of drug-likeness (QED) is 0.873. The van der Waals surface area contributed by atoms with E-state index in [1.165, 1.54) is 4.90 Å². The molecule has 2 rings (SSSR count). The fraction of sp³-hybridized carbons (Fsp3) is 0.467. The Hall–Kier alpha value is -2.24. The van der Waals surface area contributed by atoms with Gasteiger partial charge in [0, 0.05) is 13.1 Å². The number of rotatable bonds is 5. The summed E-state index contributed by atoms with van der Waals surface area (Å²) in [5, 5.41) is 11.8. The van der Waals surface area contributed by atoms with Crippen molar-refractivity contribution in [2.24, 2.45) is 5.92 Å². The minimum Gasteiger partial charge on any atom is -0.491 e. The number of anilines is 1. The van der Waals surface area contributed by atoms with E-state index in [-0.39, 0.29) is 12.6 Å². The van der Waals surface area contributed by atoms with Crippen molar-refractivity contribution in [2.75, 3.05) is 25.0 Å². The zero-order valence-electron chi connectivity index (χ0n) is 12.0. The van der Waals surface area contributed by atoms with Crippen LogP contribution >= 0.6 is 0 Å². The van der Waals surface area contributed by atoms with Crippen LogP contribution in [-0.2, 0) is 4.79 Å². The van der Waals surface area contributed by atoms with E-state index in [0.29, 0.717) is 31.0 Å². The molecular formula is C15H20N2O4. The Balaban J connectivity index is 1.98. The predicted octanol–water partition coefficient (Wildman–Crippen LogP) is 2.41. The molecule has 0 radical (unpaired) electrons. The number of hydrogen-bond donors (Lipinski definition) is 2. The van der Waals surface area contributed by atoms with E-state index in [4.69, 9.17) is 9.84 Å². The summed E-state index contributed by atoms with van der Waals surface area (Å²) in [6.45, 7) is 3.30. The van der Waals surface area contributed by atoms with Crippen LogP contribution in [0, 0.1) is 5.92 Å². The summed E-state index contributed by atoms with van der Waals surface area (Å²) in [5.74, 6) is -0.694. The molecule has 2 N–H and O–H groups in total. The third-order valence-electron chi connectivity index (χ3n) is 3.42. The molecule has 0 aliphatic carbocycles. The molecule has 1 atom stereocenters. The van der Waals surface area contributed by atoms with E-state index in [9.17, 15) is 9.59 Å². The molecule has 0 saturated carbocycles. The van der Waals surface area contributed by atoms with Crippen molar-refractivity contribution in [1.29, 1.82) is 0 Å². The highest BCUT2D eigenvalue weighted by molar-refractivity contribution is 5.91. The van der Waals surface area contributed by atoms with Crippen molar-refractivity contribution in [2.45, 2.75) is 19.8 Å². The highest BCUT2D eigenvalue weighted by Gasteiger charge is 2.31. The maximum atomic E-state index is 12.2. The van der Waals surface area contributed by atoms with Crippen LogP contribution in [0.3, 0.4) is 0 Å². The second-order valence-corrected chi connectivity index (χ2v) is 5.04. The molecule has 2 amide bonds. The molecule has 1 unspecified atom stereocenters. The summed E-state index contributed by atoms with van der Waals surface area (Å²) < 4.78 is 5.58. The molecule has 1 aromatic rings. The monoisotopic (exact) mass is 292 g/mol. The molecule has 1 saturated heterocycles. The van der Waals surface area contributed by atoms with Crippen molar-refractivity contribution in [1.82, 2.24) is 4.90 Å². The number of carboxylic acids is 1. The Labute approximate surface area is 123 Å². The third-order valence-corrected chi connectivity index (χ3v) is 3.42. The number of nitrogens with one attached hydrogen (secondary N) is 1. The molecule has 6 heteroatoms. The lowest BCUT2D eigenvalue weighted by molar-refractivity contribution is -0.141. The second kappa shape index (κ2) is 6.97. The summed E-state index contributed by atoms with van der Waals surface area (Å²) in [4.78, 5) is 24.6.